The molecule has 0 aliphatic carbocycles. The molecule has 0 saturated heterocycles. The number of alkyl halides is 3. The van der Waals surface area contributed by atoms with Gasteiger partial charge in [0.25, 0.3) is 0 Å². The van der Waals surface area contributed by atoms with Gasteiger partial charge in [0.2, 0.25) is 0 Å². The predicted octanol–water partition coefficient (Wildman–Crippen LogP) is 3.36. The van der Waals surface area contributed by atoms with Crippen LogP contribution in [0, 0.1) is 10.1 Å². The second-order valence-corrected chi connectivity index (χ2v) is 4.27. The number of hydrogen-bond acceptors (Lipinski definition) is 4. The number of nitrogens with zero attached hydrogens (tertiary/aromatic N) is 1. The molecular weight excluding hydrogens is 279 g/mol. The van der Waals surface area contributed by atoms with E-state index in [0.29, 0.717) is 12.1 Å². The number of carbonyl (C=O) groups excluding carboxylic acids is 1. The minimum absolute atomic E-state index is 0.0121. The summed E-state index contributed by atoms with van der Waals surface area (Å²) in [7, 11) is 0. The summed E-state index contributed by atoms with van der Waals surface area (Å²) in [6.07, 6.45) is -5.32. The first kappa shape index (κ1) is 15.9. The number of ether oxygens (including phenoxy) is 1. The fourth-order valence-electron chi connectivity index (χ4n) is 1.60. The topological polar surface area (TPSA) is 69.4 Å². The van der Waals surface area contributed by atoms with Gasteiger partial charge in [0.1, 0.15) is 11.9 Å². The Hall–Kier alpha value is -2.12. The van der Waals surface area contributed by atoms with Crippen LogP contribution in [0.15, 0.2) is 18.2 Å². The second kappa shape index (κ2) is 5.89. The summed E-state index contributed by atoms with van der Waals surface area (Å²) >= 11 is 0. The Bertz CT molecular complexity index is 528. The molecule has 0 heterocycles. The molecule has 1 unspecified atom stereocenters. The van der Waals surface area contributed by atoms with Crippen molar-refractivity contribution in [1.82, 2.24) is 0 Å². The molecule has 8 heteroatoms. The molecule has 1 aromatic rings. The Morgan fingerprint density at radius 1 is 1.45 bits per heavy atom. The van der Waals surface area contributed by atoms with Gasteiger partial charge in [0, 0.05) is 12.5 Å². The summed E-state index contributed by atoms with van der Waals surface area (Å²) in [6.45, 7) is 2.82. The molecule has 0 amide bonds. The number of Topliss-reactive ketones (excluding diaryl/α,β-unsaturated/α-hetero) is 1. The first-order chi connectivity index (χ1) is 9.11. The van der Waals surface area contributed by atoms with E-state index in [0.717, 1.165) is 6.07 Å². The quantitative estimate of drug-likeness (QED) is 0.616. The summed E-state index contributed by atoms with van der Waals surface area (Å²) in [5.74, 6) is -0.483. The molecule has 0 fully saturated rings. The van der Waals surface area contributed by atoms with E-state index in [1.807, 2.05) is 0 Å². The van der Waals surface area contributed by atoms with Crippen LogP contribution < -0.4 is 4.74 Å². The Labute approximate surface area is 112 Å². The van der Waals surface area contributed by atoms with Gasteiger partial charge in [-0.25, -0.2) is 0 Å². The van der Waals surface area contributed by atoms with Crippen molar-refractivity contribution in [3.05, 3.63) is 33.9 Å². The van der Waals surface area contributed by atoms with Crippen molar-refractivity contribution in [2.75, 3.05) is 0 Å². The van der Waals surface area contributed by atoms with Gasteiger partial charge in [0.05, 0.1) is 10.5 Å². The van der Waals surface area contributed by atoms with E-state index < -0.39 is 28.5 Å². The fourth-order valence-corrected chi connectivity index (χ4v) is 1.60. The van der Waals surface area contributed by atoms with Gasteiger partial charge in [0.15, 0.2) is 5.75 Å². The van der Waals surface area contributed by atoms with E-state index >= 15 is 0 Å². The van der Waals surface area contributed by atoms with Gasteiger partial charge in [-0.1, -0.05) is 0 Å². The molecule has 0 aliphatic rings. The Morgan fingerprint density at radius 2 is 2.05 bits per heavy atom. The van der Waals surface area contributed by atoms with Crippen LogP contribution in [0.2, 0.25) is 0 Å². The molecule has 0 N–H and O–H groups in total. The van der Waals surface area contributed by atoms with Crippen LogP contribution in [-0.4, -0.2) is 16.8 Å². The average molecular weight is 291 g/mol. The summed E-state index contributed by atoms with van der Waals surface area (Å²) < 4.78 is 42.6. The molecule has 1 atom stereocenters. The molecule has 0 saturated carbocycles. The lowest BCUT2D eigenvalue weighted by atomic mass is 10.1. The molecular formula is C12H12F3NO4. The van der Waals surface area contributed by atoms with E-state index in [1.54, 1.807) is 0 Å². The van der Waals surface area contributed by atoms with Crippen molar-refractivity contribution < 1.29 is 27.6 Å². The molecule has 0 aliphatic heterocycles. The van der Waals surface area contributed by atoms with Crippen molar-refractivity contribution in [3.63, 3.8) is 0 Å². The fraction of sp³-hybridized carbons (Fsp3) is 0.417. The standard InChI is InChI=1S/C12H12F3NO4/c1-7(17)5-8(2)20-11-4-3-9(12(13,14)15)6-10(11)16(18)19/h3-4,6,8H,5H2,1-2H3. The summed E-state index contributed by atoms with van der Waals surface area (Å²) in [5, 5.41) is 10.8. The number of nitro benzene ring substituents is 1. The van der Waals surface area contributed by atoms with Gasteiger partial charge in [-0.3, -0.25) is 14.9 Å². The third kappa shape index (κ3) is 4.22. The monoisotopic (exact) mass is 291 g/mol. The van der Waals surface area contributed by atoms with Gasteiger partial charge in [-0.2, -0.15) is 13.2 Å². The zero-order valence-corrected chi connectivity index (χ0v) is 10.7. The van der Waals surface area contributed by atoms with Gasteiger partial charge in [-0.05, 0) is 26.0 Å². The SMILES string of the molecule is CC(=O)CC(C)Oc1ccc(C(F)(F)F)cc1[N+](=O)[O-]. The maximum atomic E-state index is 12.5. The molecule has 1 rings (SSSR count). The molecule has 0 spiro atoms. The smallest absolute Gasteiger partial charge is 0.416 e. The number of carbonyl (C=O) groups is 1. The summed E-state index contributed by atoms with van der Waals surface area (Å²) in [4.78, 5) is 20.7. The molecule has 1 aromatic carbocycles. The van der Waals surface area contributed by atoms with Crippen LogP contribution in [0.1, 0.15) is 25.8 Å². The normalized spacial score (nSPS) is 12.8. The predicted molar refractivity (Wildman–Crippen MR) is 63.5 cm³/mol. The van der Waals surface area contributed by atoms with Gasteiger partial charge >= 0.3 is 11.9 Å². The third-order valence-electron chi connectivity index (χ3n) is 2.39. The molecule has 20 heavy (non-hydrogen) atoms. The lowest BCUT2D eigenvalue weighted by molar-refractivity contribution is -0.386. The number of benzene rings is 1. The highest BCUT2D eigenvalue weighted by Crippen LogP contribution is 2.36. The largest absolute Gasteiger partial charge is 0.483 e. The maximum absolute atomic E-state index is 12.5. The number of nitro groups is 1. The number of ketones is 1. The second-order valence-electron chi connectivity index (χ2n) is 4.27. The van der Waals surface area contributed by atoms with Crippen LogP contribution in [0.25, 0.3) is 0 Å². The van der Waals surface area contributed by atoms with Crippen molar-refractivity contribution in [3.8, 4) is 5.75 Å². The Kier molecular flexibility index (Phi) is 4.69. The molecule has 0 aromatic heterocycles. The summed E-state index contributed by atoms with van der Waals surface area (Å²) in [6, 6.07) is 2.00. The zero-order chi connectivity index (χ0) is 15.5. The first-order valence-corrected chi connectivity index (χ1v) is 5.63. The lowest BCUT2D eigenvalue weighted by Crippen LogP contribution is -2.16. The first-order valence-electron chi connectivity index (χ1n) is 5.63. The highest BCUT2D eigenvalue weighted by atomic mass is 19.4. The lowest BCUT2D eigenvalue weighted by Gasteiger charge is -2.14. The van der Waals surface area contributed by atoms with Crippen LogP contribution in [0.4, 0.5) is 18.9 Å². The summed E-state index contributed by atoms with van der Waals surface area (Å²) in [5.41, 5.74) is -1.91. The van der Waals surface area contributed by atoms with Crippen molar-refractivity contribution in [2.45, 2.75) is 32.5 Å². The van der Waals surface area contributed by atoms with E-state index in [1.165, 1.54) is 13.8 Å². The van der Waals surface area contributed by atoms with Gasteiger partial charge < -0.3 is 4.74 Å². The van der Waals surface area contributed by atoms with Crippen LogP contribution in [0.5, 0.6) is 5.75 Å². The highest BCUT2D eigenvalue weighted by molar-refractivity contribution is 5.76. The number of rotatable bonds is 5. The third-order valence-corrected chi connectivity index (χ3v) is 2.39. The minimum atomic E-state index is -4.67. The van der Waals surface area contributed by atoms with Gasteiger partial charge in [-0.15, -0.1) is 0 Å². The van der Waals surface area contributed by atoms with E-state index in [4.69, 9.17) is 4.74 Å². The van der Waals surface area contributed by atoms with Crippen molar-refractivity contribution in [2.24, 2.45) is 0 Å². The Morgan fingerprint density at radius 3 is 2.50 bits per heavy atom. The van der Waals surface area contributed by atoms with E-state index in [2.05, 4.69) is 0 Å². The van der Waals surface area contributed by atoms with Crippen LogP contribution >= 0.6 is 0 Å². The van der Waals surface area contributed by atoms with Crippen LogP contribution in [0.3, 0.4) is 0 Å². The molecule has 5 nitrogen and oxygen atoms in total. The number of hydrogen-bond donors (Lipinski definition) is 0. The molecule has 0 bridgehead atoms. The molecule has 0 radical (unpaired) electrons. The van der Waals surface area contributed by atoms with E-state index in [9.17, 15) is 28.1 Å². The minimum Gasteiger partial charge on any atom is -0.483 e. The van der Waals surface area contributed by atoms with Crippen molar-refractivity contribution >= 4 is 11.5 Å². The van der Waals surface area contributed by atoms with Crippen molar-refractivity contribution in [1.29, 1.82) is 0 Å². The maximum Gasteiger partial charge on any atom is 0.416 e. The van der Waals surface area contributed by atoms with E-state index in [-0.39, 0.29) is 18.0 Å². The average Bonchev–Trinajstić information content (AvgIpc) is 2.26. The Balaban J connectivity index is 3.08. The molecule has 110 valence electrons. The number of halogens is 3. The zero-order valence-electron chi connectivity index (χ0n) is 10.7. The van der Waals surface area contributed by atoms with Crippen LogP contribution in [-0.2, 0) is 11.0 Å². The highest BCUT2D eigenvalue weighted by Gasteiger charge is 2.33.